The van der Waals surface area contributed by atoms with E-state index in [-0.39, 0.29) is 11.3 Å². The van der Waals surface area contributed by atoms with Crippen LogP contribution in [0.25, 0.3) is 22.2 Å². The molecule has 0 aliphatic rings. The van der Waals surface area contributed by atoms with E-state index in [1.165, 1.54) is 13.4 Å². The first-order valence-electron chi connectivity index (χ1n) is 10.9. The quantitative estimate of drug-likeness (QED) is 0.348. The lowest BCUT2D eigenvalue weighted by molar-refractivity contribution is 0.0874. The van der Waals surface area contributed by atoms with Crippen molar-refractivity contribution in [3.8, 4) is 17.0 Å². The van der Waals surface area contributed by atoms with E-state index in [0.29, 0.717) is 28.0 Å². The van der Waals surface area contributed by atoms with Crippen molar-refractivity contribution >= 4 is 28.4 Å². The summed E-state index contributed by atoms with van der Waals surface area (Å²) < 4.78 is 11.0. The van der Waals surface area contributed by atoms with Crippen LogP contribution in [0.2, 0.25) is 0 Å². The number of pyridine rings is 1. The number of hydrazine groups is 1. The number of aromatic nitrogens is 1. The van der Waals surface area contributed by atoms with Gasteiger partial charge < -0.3 is 9.15 Å². The van der Waals surface area contributed by atoms with E-state index in [1.54, 1.807) is 42.5 Å². The number of nitrogens with one attached hydrogen (secondary N) is 1. The Balaban J connectivity index is 1.65. The highest BCUT2D eigenvalue weighted by molar-refractivity contribution is 6.13. The van der Waals surface area contributed by atoms with Gasteiger partial charge in [-0.2, -0.15) is 0 Å². The molecule has 5 rings (SSSR count). The van der Waals surface area contributed by atoms with E-state index in [9.17, 15) is 9.59 Å². The summed E-state index contributed by atoms with van der Waals surface area (Å²) >= 11 is 0. The lowest BCUT2D eigenvalue weighted by atomic mass is 10.0. The molecule has 7 heteroatoms. The fraction of sp³-hybridized carbons (Fsp3) is 0.0357. The van der Waals surface area contributed by atoms with Gasteiger partial charge in [0.25, 0.3) is 5.91 Å². The average molecular weight is 463 g/mol. The molecule has 0 spiro atoms. The minimum absolute atomic E-state index is 0.0886. The van der Waals surface area contributed by atoms with Crippen molar-refractivity contribution < 1.29 is 18.7 Å². The number of hydrogen-bond acceptors (Lipinski definition) is 5. The van der Waals surface area contributed by atoms with Crippen LogP contribution in [0.1, 0.15) is 20.9 Å². The van der Waals surface area contributed by atoms with Crippen molar-refractivity contribution in [2.24, 2.45) is 0 Å². The van der Waals surface area contributed by atoms with Gasteiger partial charge >= 0.3 is 5.91 Å². The minimum atomic E-state index is -0.526. The van der Waals surface area contributed by atoms with Crippen LogP contribution in [0.4, 0.5) is 5.69 Å². The number of fused-ring (bicyclic) bond motifs is 1. The molecule has 0 saturated heterocycles. The van der Waals surface area contributed by atoms with E-state index in [0.717, 1.165) is 10.6 Å². The lowest BCUT2D eigenvalue weighted by Gasteiger charge is -2.24. The number of rotatable bonds is 5. The molecule has 172 valence electrons. The zero-order chi connectivity index (χ0) is 24.2. The fourth-order valence-electron chi connectivity index (χ4n) is 3.89. The van der Waals surface area contributed by atoms with Gasteiger partial charge in [0.05, 0.1) is 30.1 Å². The Morgan fingerprint density at radius 2 is 1.54 bits per heavy atom. The summed E-state index contributed by atoms with van der Waals surface area (Å²) in [6, 6.07) is 28.8. The first kappa shape index (κ1) is 21.9. The van der Waals surface area contributed by atoms with Gasteiger partial charge in [-0.1, -0.05) is 66.7 Å². The number of ether oxygens (including phenoxy) is 1. The summed E-state index contributed by atoms with van der Waals surface area (Å²) in [5, 5.41) is 1.76. The number of nitrogens with zero attached hydrogens (tertiary/aromatic N) is 2. The highest BCUT2D eigenvalue weighted by Crippen LogP contribution is 2.36. The maximum Gasteiger partial charge on any atom is 0.312 e. The van der Waals surface area contributed by atoms with Crippen LogP contribution >= 0.6 is 0 Å². The third kappa shape index (κ3) is 4.22. The van der Waals surface area contributed by atoms with E-state index in [1.807, 2.05) is 54.6 Å². The van der Waals surface area contributed by atoms with E-state index < -0.39 is 11.8 Å². The smallest absolute Gasteiger partial charge is 0.312 e. The summed E-state index contributed by atoms with van der Waals surface area (Å²) in [7, 11) is 1.50. The third-order valence-corrected chi connectivity index (χ3v) is 5.49. The summed E-state index contributed by atoms with van der Waals surface area (Å²) in [4.78, 5) is 31.9. The molecule has 3 aromatic carbocycles. The van der Waals surface area contributed by atoms with E-state index >= 15 is 0 Å². The standard InChI is InChI=1S/C28H21N3O4/c1-34-26-24(21-15-8-9-16-22(21)29-25(26)19-11-4-2-5-12-19)27(32)30-31(20-13-6-3-7-14-20)28(33)23-17-10-18-35-23/h2-18H,1H3,(H,30,32). The van der Waals surface area contributed by atoms with Crippen LogP contribution in [-0.2, 0) is 0 Å². The molecule has 0 unspecified atom stereocenters. The summed E-state index contributed by atoms with van der Waals surface area (Å²) in [5.41, 5.74) is 5.46. The maximum atomic E-state index is 13.8. The van der Waals surface area contributed by atoms with Crippen molar-refractivity contribution in [3.63, 3.8) is 0 Å². The number of carbonyl (C=O) groups is 2. The van der Waals surface area contributed by atoms with Gasteiger partial charge in [0, 0.05) is 10.9 Å². The Kier molecular flexibility index (Phi) is 5.96. The zero-order valence-corrected chi connectivity index (χ0v) is 18.8. The van der Waals surface area contributed by atoms with E-state index in [4.69, 9.17) is 14.1 Å². The third-order valence-electron chi connectivity index (χ3n) is 5.49. The minimum Gasteiger partial charge on any atom is -0.494 e. The fourth-order valence-corrected chi connectivity index (χ4v) is 3.89. The van der Waals surface area contributed by atoms with Crippen LogP contribution in [-0.4, -0.2) is 23.9 Å². The van der Waals surface area contributed by atoms with Crippen LogP contribution in [0.5, 0.6) is 5.75 Å². The van der Waals surface area contributed by atoms with Gasteiger partial charge in [0.2, 0.25) is 0 Å². The van der Waals surface area contributed by atoms with Gasteiger partial charge in [0.15, 0.2) is 11.5 Å². The molecule has 5 aromatic rings. The summed E-state index contributed by atoms with van der Waals surface area (Å²) in [6.07, 6.45) is 1.41. The van der Waals surface area contributed by atoms with Crippen molar-refractivity contribution in [1.29, 1.82) is 0 Å². The second kappa shape index (κ2) is 9.52. The van der Waals surface area contributed by atoms with Crippen molar-refractivity contribution in [2.45, 2.75) is 0 Å². The molecular formula is C28H21N3O4. The van der Waals surface area contributed by atoms with E-state index in [2.05, 4.69) is 5.43 Å². The molecule has 2 aromatic heterocycles. The lowest BCUT2D eigenvalue weighted by Crippen LogP contribution is -2.46. The summed E-state index contributed by atoms with van der Waals surface area (Å²) in [5.74, 6) is -0.645. The number of benzene rings is 3. The molecular weight excluding hydrogens is 442 g/mol. The largest absolute Gasteiger partial charge is 0.494 e. The Bertz CT molecular complexity index is 1480. The first-order chi connectivity index (χ1) is 17.2. The molecule has 0 atom stereocenters. The van der Waals surface area contributed by atoms with Gasteiger partial charge in [-0.25, -0.2) is 9.99 Å². The Hall–Kier alpha value is -4.91. The Labute approximate surface area is 201 Å². The Morgan fingerprint density at radius 1 is 0.857 bits per heavy atom. The topological polar surface area (TPSA) is 84.7 Å². The number of carbonyl (C=O) groups excluding carboxylic acids is 2. The zero-order valence-electron chi connectivity index (χ0n) is 18.8. The van der Waals surface area contributed by atoms with Crippen molar-refractivity contribution in [3.05, 3.63) is 115 Å². The Morgan fingerprint density at radius 3 is 2.23 bits per heavy atom. The number of methoxy groups -OCH3 is 1. The van der Waals surface area contributed by atoms with Crippen molar-refractivity contribution in [1.82, 2.24) is 10.4 Å². The summed E-state index contributed by atoms with van der Waals surface area (Å²) in [6.45, 7) is 0. The maximum absolute atomic E-state index is 13.8. The second-order valence-corrected chi connectivity index (χ2v) is 7.65. The predicted molar refractivity (Wildman–Crippen MR) is 133 cm³/mol. The van der Waals surface area contributed by atoms with Gasteiger partial charge in [-0.3, -0.25) is 15.0 Å². The average Bonchev–Trinajstić information content (AvgIpc) is 3.46. The SMILES string of the molecule is COc1c(-c2ccccc2)nc2ccccc2c1C(=O)NN(C(=O)c1ccco1)c1ccccc1. The van der Waals surface area contributed by atoms with Crippen LogP contribution in [0.15, 0.2) is 108 Å². The van der Waals surface area contributed by atoms with Gasteiger partial charge in [-0.05, 0) is 30.3 Å². The predicted octanol–water partition coefficient (Wildman–Crippen LogP) is 5.50. The monoisotopic (exact) mass is 463 g/mol. The molecule has 0 aliphatic heterocycles. The normalized spacial score (nSPS) is 10.7. The highest BCUT2D eigenvalue weighted by atomic mass is 16.5. The first-order valence-corrected chi connectivity index (χ1v) is 10.9. The number of furan rings is 1. The molecule has 7 nitrogen and oxygen atoms in total. The number of para-hydroxylation sites is 2. The van der Waals surface area contributed by atoms with Crippen LogP contribution < -0.4 is 15.2 Å². The van der Waals surface area contributed by atoms with Crippen LogP contribution in [0, 0.1) is 0 Å². The van der Waals surface area contributed by atoms with Gasteiger partial charge in [-0.15, -0.1) is 0 Å². The molecule has 35 heavy (non-hydrogen) atoms. The molecule has 0 fully saturated rings. The molecule has 1 N–H and O–H groups in total. The number of amides is 2. The van der Waals surface area contributed by atoms with Gasteiger partial charge in [0.1, 0.15) is 5.69 Å². The molecule has 0 saturated carbocycles. The molecule has 0 aliphatic carbocycles. The second-order valence-electron chi connectivity index (χ2n) is 7.65. The number of hydrogen-bond donors (Lipinski definition) is 1. The number of anilines is 1. The molecule has 2 heterocycles. The molecule has 2 amide bonds. The van der Waals surface area contributed by atoms with Crippen molar-refractivity contribution in [2.75, 3.05) is 12.1 Å². The highest BCUT2D eigenvalue weighted by Gasteiger charge is 2.27. The molecule has 0 bridgehead atoms. The van der Waals surface area contributed by atoms with Crippen LogP contribution in [0.3, 0.4) is 0 Å². The molecule has 0 radical (unpaired) electrons.